The van der Waals surface area contributed by atoms with Crippen LogP contribution >= 0.6 is 23.4 Å². The summed E-state index contributed by atoms with van der Waals surface area (Å²) in [5.74, 6) is -0.165. The highest BCUT2D eigenvalue weighted by Gasteiger charge is 2.17. The fourth-order valence-electron chi connectivity index (χ4n) is 2.62. The zero-order valence-corrected chi connectivity index (χ0v) is 17.1. The minimum Gasteiger partial charge on any atom is -0.324 e. The normalized spacial score (nSPS) is 10.7. The maximum Gasteiger partial charge on any atom is 0.232 e. The van der Waals surface area contributed by atoms with E-state index in [4.69, 9.17) is 11.6 Å². The Morgan fingerprint density at radius 2 is 1.86 bits per heavy atom. The number of Topliss-reactive ketones (excluding diaryl/α,β-unsaturated/α-hetero) is 1. The third-order valence-corrected chi connectivity index (χ3v) is 5.37. The van der Waals surface area contributed by atoms with Gasteiger partial charge in [-0.2, -0.15) is 0 Å². The number of nitrogens with one attached hydrogen (secondary N) is 1. The Kier molecular flexibility index (Phi) is 7.00. The van der Waals surface area contributed by atoms with Crippen LogP contribution < -0.4 is 5.32 Å². The molecule has 0 fully saturated rings. The third-order valence-electron chi connectivity index (χ3n) is 4.07. The zero-order chi connectivity index (χ0) is 20.8. The maximum absolute atomic E-state index is 13.0. The molecular weight excluding hydrogens is 415 g/mol. The number of thioether (sulfide) groups is 1. The third kappa shape index (κ3) is 5.42. The topological polar surface area (TPSA) is 76.9 Å². The second-order valence-electron chi connectivity index (χ2n) is 6.07. The van der Waals surface area contributed by atoms with Crippen LogP contribution in [0.15, 0.2) is 53.7 Å². The first-order chi connectivity index (χ1) is 14.0. The molecule has 0 spiro atoms. The van der Waals surface area contributed by atoms with Crippen molar-refractivity contribution in [3.63, 3.8) is 0 Å². The minimum atomic E-state index is -0.389. The van der Waals surface area contributed by atoms with Crippen LogP contribution in [0.2, 0.25) is 5.02 Å². The van der Waals surface area contributed by atoms with Crippen molar-refractivity contribution in [3.05, 3.63) is 70.8 Å². The van der Waals surface area contributed by atoms with Crippen LogP contribution in [-0.2, 0) is 17.8 Å². The molecule has 9 heteroatoms. The highest BCUT2D eigenvalue weighted by Crippen LogP contribution is 2.22. The van der Waals surface area contributed by atoms with E-state index < -0.39 is 0 Å². The highest BCUT2D eigenvalue weighted by atomic mass is 35.5. The van der Waals surface area contributed by atoms with E-state index in [1.807, 2.05) is 6.92 Å². The van der Waals surface area contributed by atoms with Crippen molar-refractivity contribution in [1.29, 1.82) is 0 Å². The minimum absolute atomic E-state index is 0.0263. The summed E-state index contributed by atoms with van der Waals surface area (Å²) in [6.45, 7) is 2.46. The van der Waals surface area contributed by atoms with Crippen molar-refractivity contribution < 1.29 is 14.0 Å². The fraction of sp³-hybridized carbons (Fsp3) is 0.200. The molecule has 3 rings (SSSR count). The number of ketones is 1. The summed E-state index contributed by atoms with van der Waals surface area (Å²) in [6, 6.07) is 12.4. The number of rotatable bonds is 8. The number of nitrogens with zero attached hydrogens (tertiary/aromatic N) is 3. The summed E-state index contributed by atoms with van der Waals surface area (Å²) in [7, 11) is 0. The standard InChI is InChI=1S/C20H18ClFN4O2S/c1-2-26-18(11-19(28)23-16-6-4-3-5-15(16)21)24-25-20(26)29-12-17(27)13-7-9-14(22)10-8-13/h3-10H,2,11-12H2,1H3,(H,23,28). The van der Waals surface area contributed by atoms with Gasteiger partial charge in [-0.1, -0.05) is 35.5 Å². The molecule has 1 aromatic heterocycles. The number of benzene rings is 2. The molecule has 0 radical (unpaired) electrons. The lowest BCUT2D eigenvalue weighted by molar-refractivity contribution is -0.115. The Morgan fingerprint density at radius 1 is 1.14 bits per heavy atom. The Morgan fingerprint density at radius 3 is 2.55 bits per heavy atom. The molecule has 0 atom stereocenters. The fourth-order valence-corrected chi connectivity index (χ4v) is 3.72. The van der Waals surface area contributed by atoms with E-state index in [1.165, 1.54) is 36.0 Å². The Labute approximate surface area is 176 Å². The summed E-state index contributed by atoms with van der Waals surface area (Å²) >= 11 is 7.29. The molecule has 1 amide bonds. The van der Waals surface area contributed by atoms with E-state index in [0.717, 1.165) is 0 Å². The largest absolute Gasteiger partial charge is 0.324 e. The molecule has 29 heavy (non-hydrogen) atoms. The van der Waals surface area contributed by atoms with Crippen molar-refractivity contribution in [2.75, 3.05) is 11.1 Å². The number of hydrogen-bond acceptors (Lipinski definition) is 5. The number of aromatic nitrogens is 3. The molecule has 0 saturated heterocycles. The average molecular weight is 433 g/mol. The molecule has 3 aromatic rings. The number of hydrogen-bond donors (Lipinski definition) is 1. The SMILES string of the molecule is CCn1c(CC(=O)Nc2ccccc2Cl)nnc1SCC(=O)c1ccc(F)cc1. The van der Waals surface area contributed by atoms with E-state index in [9.17, 15) is 14.0 Å². The van der Waals surface area contributed by atoms with Crippen LogP contribution in [0.5, 0.6) is 0 Å². The molecule has 2 aromatic carbocycles. The second-order valence-corrected chi connectivity index (χ2v) is 7.42. The van der Waals surface area contributed by atoms with Crippen molar-refractivity contribution in [1.82, 2.24) is 14.8 Å². The quantitative estimate of drug-likeness (QED) is 0.425. The van der Waals surface area contributed by atoms with Gasteiger partial charge in [-0.05, 0) is 43.3 Å². The summed E-state index contributed by atoms with van der Waals surface area (Å²) < 4.78 is 14.8. The molecule has 0 bridgehead atoms. The van der Waals surface area contributed by atoms with E-state index >= 15 is 0 Å². The summed E-state index contributed by atoms with van der Waals surface area (Å²) in [6.07, 6.45) is 0.0263. The molecule has 0 aliphatic heterocycles. The van der Waals surface area contributed by atoms with Gasteiger partial charge in [-0.25, -0.2) is 4.39 Å². The molecule has 6 nitrogen and oxygen atoms in total. The van der Waals surface area contributed by atoms with Crippen LogP contribution in [0.25, 0.3) is 0 Å². The maximum atomic E-state index is 13.0. The molecule has 1 heterocycles. The lowest BCUT2D eigenvalue weighted by Gasteiger charge is -2.09. The predicted molar refractivity (Wildman–Crippen MR) is 111 cm³/mol. The van der Waals surface area contributed by atoms with E-state index in [2.05, 4.69) is 15.5 Å². The van der Waals surface area contributed by atoms with Gasteiger partial charge in [0, 0.05) is 12.1 Å². The zero-order valence-electron chi connectivity index (χ0n) is 15.6. The van der Waals surface area contributed by atoms with Gasteiger partial charge in [0.15, 0.2) is 10.9 Å². The summed E-state index contributed by atoms with van der Waals surface area (Å²) in [5.41, 5.74) is 0.960. The van der Waals surface area contributed by atoms with Gasteiger partial charge in [-0.15, -0.1) is 10.2 Å². The van der Waals surface area contributed by atoms with Crippen molar-refractivity contribution in [2.24, 2.45) is 0 Å². The molecule has 150 valence electrons. The molecule has 0 saturated carbocycles. The Hall–Kier alpha value is -2.71. The first-order valence-corrected chi connectivity index (χ1v) is 10.2. The van der Waals surface area contributed by atoms with Crippen LogP contribution in [-0.4, -0.2) is 32.2 Å². The predicted octanol–water partition coefficient (Wildman–Crippen LogP) is 4.25. The van der Waals surface area contributed by atoms with Gasteiger partial charge in [0.1, 0.15) is 11.6 Å². The van der Waals surface area contributed by atoms with E-state index in [-0.39, 0.29) is 29.7 Å². The van der Waals surface area contributed by atoms with E-state index in [0.29, 0.717) is 33.8 Å². The first-order valence-electron chi connectivity index (χ1n) is 8.86. The highest BCUT2D eigenvalue weighted by molar-refractivity contribution is 7.99. The van der Waals surface area contributed by atoms with Gasteiger partial charge >= 0.3 is 0 Å². The van der Waals surface area contributed by atoms with Crippen LogP contribution in [0.4, 0.5) is 10.1 Å². The summed E-state index contributed by atoms with van der Waals surface area (Å²) in [4.78, 5) is 24.6. The molecule has 1 N–H and O–H groups in total. The number of carbonyl (C=O) groups excluding carboxylic acids is 2. The van der Waals surface area contributed by atoms with Crippen LogP contribution in [0.3, 0.4) is 0 Å². The van der Waals surface area contributed by atoms with Gasteiger partial charge in [0.2, 0.25) is 5.91 Å². The van der Waals surface area contributed by atoms with Crippen molar-refractivity contribution in [2.45, 2.75) is 25.0 Å². The van der Waals surface area contributed by atoms with E-state index in [1.54, 1.807) is 28.8 Å². The van der Waals surface area contributed by atoms with Crippen molar-refractivity contribution >= 4 is 40.7 Å². The van der Waals surface area contributed by atoms with Gasteiger partial charge in [0.25, 0.3) is 0 Å². The number of anilines is 1. The van der Waals surface area contributed by atoms with Crippen LogP contribution in [0.1, 0.15) is 23.1 Å². The second kappa shape index (κ2) is 9.67. The smallest absolute Gasteiger partial charge is 0.232 e. The summed E-state index contributed by atoms with van der Waals surface area (Å²) in [5, 5.41) is 11.9. The molecule has 0 aliphatic rings. The molecule has 0 aliphatic carbocycles. The number of para-hydroxylation sites is 1. The lowest BCUT2D eigenvalue weighted by Crippen LogP contribution is -2.18. The number of halogens is 2. The Balaban J connectivity index is 1.63. The first kappa shape index (κ1) is 21.0. The molecular formula is C20H18ClFN4O2S. The van der Waals surface area contributed by atoms with Crippen LogP contribution in [0, 0.1) is 5.82 Å². The average Bonchev–Trinajstić information content (AvgIpc) is 3.09. The van der Waals surface area contributed by atoms with Crippen molar-refractivity contribution in [3.8, 4) is 0 Å². The van der Waals surface area contributed by atoms with Gasteiger partial charge in [0.05, 0.1) is 22.9 Å². The number of amides is 1. The number of carbonyl (C=O) groups is 2. The molecule has 0 unspecified atom stereocenters. The lowest BCUT2D eigenvalue weighted by atomic mass is 10.1. The monoisotopic (exact) mass is 432 g/mol. The Bertz CT molecular complexity index is 1020. The van der Waals surface area contributed by atoms with Gasteiger partial charge in [-0.3, -0.25) is 9.59 Å². The van der Waals surface area contributed by atoms with Gasteiger partial charge < -0.3 is 9.88 Å².